The molecule has 3 N–H and O–H groups in total. The van der Waals surface area contributed by atoms with Crippen LogP contribution in [0.1, 0.15) is 35.2 Å². The molecule has 110 valence electrons. The first-order valence-electron chi connectivity index (χ1n) is 6.87. The number of fused-ring (bicyclic) bond motifs is 1. The van der Waals surface area contributed by atoms with Crippen LogP contribution in [0.5, 0.6) is 5.75 Å². The van der Waals surface area contributed by atoms with Crippen molar-refractivity contribution in [3.05, 3.63) is 35.7 Å². The summed E-state index contributed by atoms with van der Waals surface area (Å²) in [5.41, 5.74) is 7.72. The van der Waals surface area contributed by atoms with Crippen molar-refractivity contribution in [3.63, 3.8) is 0 Å². The molecular formula is C15H17N3O3. The average Bonchev–Trinajstić information content (AvgIpc) is 2.88. The summed E-state index contributed by atoms with van der Waals surface area (Å²) < 4.78 is 7.19. The molecule has 1 aromatic heterocycles. The Bertz CT molecular complexity index is 693. The monoisotopic (exact) mass is 287 g/mol. The molecule has 0 saturated carbocycles. The number of nitrogens with two attached hydrogens (primary N) is 1. The first-order chi connectivity index (χ1) is 10.1. The topological polar surface area (TPSA) is 90.4 Å². The molecule has 6 nitrogen and oxygen atoms in total. The van der Waals surface area contributed by atoms with Crippen molar-refractivity contribution in [1.82, 2.24) is 9.55 Å². The van der Waals surface area contributed by atoms with Gasteiger partial charge < -0.3 is 20.1 Å². The molecule has 0 saturated heterocycles. The van der Waals surface area contributed by atoms with Gasteiger partial charge in [0.1, 0.15) is 11.6 Å². The zero-order valence-corrected chi connectivity index (χ0v) is 11.7. The fourth-order valence-corrected chi connectivity index (χ4v) is 2.86. The van der Waals surface area contributed by atoms with Gasteiger partial charge in [0.15, 0.2) is 5.69 Å². The van der Waals surface area contributed by atoms with Crippen LogP contribution >= 0.6 is 0 Å². The van der Waals surface area contributed by atoms with Crippen LogP contribution in [-0.2, 0) is 6.42 Å². The lowest BCUT2D eigenvalue weighted by Gasteiger charge is -2.24. The number of nitrogens with zero attached hydrogens (tertiary/aromatic N) is 2. The molecule has 6 heteroatoms. The van der Waals surface area contributed by atoms with Crippen molar-refractivity contribution < 1.29 is 14.6 Å². The summed E-state index contributed by atoms with van der Waals surface area (Å²) in [5.74, 6) is 0.195. The summed E-state index contributed by atoms with van der Waals surface area (Å²) >= 11 is 0. The second-order valence-corrected chi connectivity index (χ2v) is 5.07. The van der Waals surface area contributed by atoms with Gasteiger partial charge in [-0.25, -0.2) is 9.78 Å². The lowest BCUT2D eigenvalue weighted by atomic mass is 10.1. The number of carbonyl (C=O) groups is 1. The number of carboxylic acids is 1. The van der Waals surface area contributed by atoms with Crippen molar-refractivity contribution in [2.45, 2.75) is 25.4 Å². The third-order valence-corrected chi connectivity index (χ3v) is 3.81. The van der Waals surface area contributed by atoms with E-state index in [1.807, 2.05) is 28.8 Å². The van der Waals surface area contributed by atoms with Gasteiger partial charge in [0, 0.05) is 0 Å². The van der Waals surface area contributed by atoms with E-state index >= 15 is 0 Å². The SMILES string of the molecule is COc1ccccc1-c1nc(C(=O)O)c2n1C(N)CCC2. The summed E-state index contributed by atoms with van der Waals surface area (Å²) in [5, 5.41) is 9.37. The van der Waals surface area contributed by atoms with Crippen molar-refractivity contribution in [2.24, 2.45) is 5.73 Å². The molecule has 1 aliphatic heterocycles. The van der Waals surface area contributed by atoms with Gasteiger partial charge in [0.25, 0.3) is 0 Å². The van der Waals surface area contributed by atoms with Crippen molar-refractivity contribution in [2.75, 3.05) is 7.11 Å². The number of hydrogen-bond donors (Lipinski definition) is 2. The molecule has 3 rings (SSSR count). The maximum absolute atomic E-state index is 11.4. The summed E-state index contributed by atoms with van der Waals surface area (Å²) in [6.07, 6.45) is 2.11. The summed E-state index contributed by atoms with van der Waals surface area (Å²) in [4.78, 5) is 15.8. The van der Waals surface area contributed by atoms with Gasteiger partial charge in [-0.3, -0.25) is 0 Å². The lowest BCUT2D eigenvalue weighted by molar-refractivity contribution is 0.0689. The number of para-hydroxylation sites is 1. The highest BCUT2D eigenvalue weighted by atomic mass is 16.5. The summed E-state index contributed by atoms with van der Waals surface area (Å²) in [6.45, 7) is 0. The highest BCUT2D eigenvalue weighted by Crippen LogP contribution is 2.35. The minimum atomic E-state index is -1.02. The van der Waals surface area contributed by atoms with E-state index in [2.05, 4.69) is 4.98 Å². The quantitative estimate of drug-likeness (QED) is 0.901. The van der Waals surface area contributed by atoms with Gasteiger partial charge in [-0.1, -0.05) is 12.1 Å². The number of ether oxygens (including phenoxy) is 1. The number of benzene rings is 1. The fraction of sp³-hybridized carbons (Fsp3) is 0.333. The number of imidazole rings is 1. The van der Waals surface area contributed by atoms with E-state index in [-0.39, 0.29) is 11.9 Å². The molecule has 0 spiro atoms. The molecule has 0 aliphatic carbocycles. The minimum absolute atomic E-state index is 0.0889. The van der Waals surface area contributed by atoms with Crippen LogP contribution in [-0.4, -0.2) is 27.7 Å². The van der Waals surface area contributed by atoms with E-state index in [0.29, 0.717) is 23.7 Å². The van der Waals surface area contributed by atoms with Gasteiger partial charge in [0.05, 0.1) is 24.5 Å². The van der Waals surface area contributed by atoms with E-state index in [1.54, 1.807) is 7.11 Å². The summed E-state index contributed by atoms with van der Waals surface area (Å²) in [6, 6.07) is 7.42. The highest BCUT2D eigenvalue weighted by molar-refractivity contribution is 5.88. The van der Waals surface area contributed by atoms with Crippen LogP contribution in [0.2, 0.25) is 0 Å². The maximum Gasteiger partial charge on any atom is 0.356 e. The van der Waals surface area contributed by atoms with E-state index < -0.39 is 5.97 Å². The van der Waals surface area contributed by atoms with Crippen molar-refractivity contribution in [1.29, 1.82) is 0 Å². The second-order valence-electron chi connectivity index (χ2n) is 5.07. The van der Waals surface area contributed by atoms with Gasteiger partial charge in [-0.15, -0.1) is 0 Å². The largest absolute Gasteiger partial charge is 0.496 e. The Morgan fingerprint density at radius 3 is 2.95 bits per heavy atom. The molecule has 0 fully saturated rings. The molecular weight excluding hydrogens is 270 g/mol. The first-order valence-corrected chi connectivity index (χ1v) is 6.87. The molecule has 2 aromatic rings. The Balaban J connectivity index is 2.25. The van der Waals surface area contributed by atoms with Crippen molar-refractivity contribution >= 4 is 5.97 Å². The fourth-order valence-electron chi connectivity index (χ4n) is 2.86. The predicted molar refractivity (Wildman–Crippen MR) is 77.3 cm³/mol. The molecule has 0 amide bonds. The van der Waals surface area contributed by atoms with Crippen LogP contribution in [0.3, 0.4) is 0 Å². The number of aromatic nitrogens is 2. The normalized spacial score (nSPS) is 17.3. The number of hydrogen-bond acceptors (Lipinski definition) is 4. The smallest absolute Gasteiger partial charge is 0.356 e. The molecule has 2 heterocycles. The molecule has 1 aromatic carbocycles. The molecule has 0 radical (unpaired) electrons. The van der Waals surface area contributed by atoms with Crippen LogP contribution in [0, 0.1) is 0 Å². The number of carboxylic acid groups (broad SMARTS) is 1. The molecule has 1 atom stereocenters. The first kappa shape index (κ1) is 13.6. The average molecular weight is 287 g/mol. The number of aromatic carboxylic acids is 1. The number of methoxy groups -OCH3 is 1. The van der Waals surface area contributed by atoms with E-state index in [4.69, 9.17) is 10.5 Å². The number of rotatable bonds is 3. The van der Waals surface area contributed by atoms with E-state index in [1.165, 1.54) is 0 Å². The van der Waals surface area contributed by atoms with Crippen LogP contribution in [0.4, 0.5) is 0 Å². The Kier molecular flexibility index (Phi) is 3.39. The zero-order valence-electron chi connectivity index (χ0n) is 11.7. The molecule has 0 bridgehead atoms. The molecule has 1 aliphatic rings. The van der Waals surface area contributed by atoms with Crippen LogP contribution < -0.4 is 10.5 Å². The Morgan fingerprint density at radius 1 is 1.48 bits per heavy atom. The van der Waals surface area contributed by atoms with E-state index in [0.717, 1.165) is 18.4 Å². The van der Waals surface area contributed by atoms with Crippen LogP contribution in [0.25, 0.3) is 11.4 Å². The second kappa shape index (κ2) is 5.21. The Morgan fingerprint density at radius 2 is 2.24 bits per heavy atom. The van der Waals surface area contributed by atoms with Gasteiger partial charge >= 0.3 is 5.97 Å². The Labute approximate surface area is 122 Å². The van der Waals surface area contributed by atoms with Crippen molar-refractivity contribution in [3.8, 4) is 17.1 Å². The van der Waals surface area contributed by atoms with E-state index in [9.17, 15) is 9.90 Å². The molecule has 21 heavy (non-hydrogen) atoms. The zero-order chi connectivity index (χ0) is 15.0. The lowest BCUT2D eigenvalue weighted by Crippen LogP contribution is -2.26. The maximum atomic E-state index is 11.4. The molecule has 1 unspecified atom stereocenters. The standard InChI is InChI=1S/C15H17N3O3/c1-21-11-7-3-2-5-9(11)14-17-13(15(19)20)10-6-4-8-12(16)18(10)14/h2-3,5,7,12H,4,6,8,16H2,1H3,(H,19,20). The summed E-state index contributed by atoms with van der Waals surface area (Å²) in [7, 11) is 1.58. The van der Waals surface area contributed by atoms with Gasteiger partial charge in [-0.2, -0.15) is 0 Å². The Hall–Kier alpha value is -2.34. The third kappa shape index (κ3) is 2.17. The third-order valence-electron chi connectivity index (χ3n) is 3.81. The predicted octanol–water partition coefficient (Wildman–Crippen LogP) is 2.05. The highest BCUT2D eigenvalue weighted by Gasteiger charge is 2.29. The van der Waals surface area contributed by atoms with Gasteiger partial charge in [0.2, 0.25) is 0 Å². The minimum Gasteiger partial charge on any atom is -0.496 e. The van der Waals surface area contributed by atoms with Crippen LogP contribution in [0.15, 0.2) is 24.3 Å². The van der Waals surface area contributed by atoms with Gasteiger partial charge in [-0.05, 0) is 31.4 Å².